The van der Waals surface area contributed by atoms with Crippen molar-refractivity contribution in [2.75, 3.05) is 19.9 Å². The van der Waals surface area contributed by atoms with Crippen LogP contribution in [0.1, 0.15) is 0 Å². The minimum Gasteiger partial charge on any atom is -0.497 e. The molecule has 8 heteroatoms. The van der Waals surface area contributed by atoms with Crippen LogP contribution in [0.25, 0.3) is 11.3 Å². The van der Waals surface area contributed by atoms with Gasteiger partial charge in [0, 0.05) is 24.7 Å². The first-order chi connectivity index (χ1) is 10.4. The Kier molecular flexibility index (Phi) is 4.94. The predicted octanol–water partition coefficient (Wildman–Crippen LogP) is 0.468. The van der Waals surface area contributed by atoms with Crippen molar-refractivity contribution in [3.05, 3.63) is 47.0 Å². The topological polar surface area (TPSA) is 90.3 Å². The van der Waals surface area contributed by atoms with Crippen LogP contribution in [0.2, 0.25) is 0 Å². The number of aromatic nitrogens is 2. The molecule has 0 fully saturated rings. The van der Waals surface area contributed by atoms with E-state index >= 15 is 0 Å². The van der Waals surface area contributed by atoms with Gasteiger partial charge in [0.2, 0.25) is 10.0 Å². The molecule has 0 bridgehead atoms. The molecule has 1 heterocycles. The van der Waals surface area contributed by atoms with Gasteiger partial charge in [-0.3, -0.25) is 9.36 Å². The van der Waals surface area contributed by atoms with E-state index in [1.807, 2.05) is 12.1 Å². The van der Waals surface area contributed by atoms with Gasteiger partial charge in [-0.2, -0.15) is 0 Å². The summed E-state index contributed by atoms with van der Waals surface area (Å²) in [6.07, 6.45) is 2.48. The second-order valence-corrected chi connectivity index (χ2v) is 6.53. The van der Waals surface area contributed by atoms with Gasteiger partial charge in [0.25, 0.3) is 5.56 Å². The maximum Gasteiger partial charge on any atom is 0.253 e. The molecule has 0 amide bonds. The summed E-state index contributed by atoms with van der Waals surface area (Å²) in [4.78, 5) is 16.2. The number of nitrogens with one attached hydrogen (secondary N) is 1. The summed E-state index contributed by atoms with van der Waals surface area (Å²) >= 11 is 0. The molecule has 0 unspecified atom stereocenters. The maximum atomic E-state index is 12.0. The van der Waals surface area contributed by atoms with Crippen LogP contribution in [-0.4, -0.2) is 37.9 Å². The van der Waals surface area contributed by atoms with E-state index in [-0.39, 0.29) is 18.6 Å². The Morgan fingerprint density at radius 3 is 2.50 bits per heavy atom. The molecule has 0 aliphatic rings. The molecule has 0 aliphatic carbocycles. The maximum absolute atomic E-state index is 12.0. The third-order valence-corrected chi connectivity index (χ3v) is 3.71. The largest absolute Gasteiger partial charge is 0.497 e. The van der Waals surface area contributed by atoms with E-state index in [1.54, 1.807) is 19.2 Å². The third kappa shape index (κ3) is 4.40. The first-order valence-electron chi connectivity index (χ1n) is 6.54. The molecule has 2 aromatic rings. The van der Waals surface area contributed by atoms with E-state index in [2.05, 4.69) is 9.71 Å². The SMILES string of the molecule is COc1ccc(-c2cc(=O)n(CCNS(C)(=O)=O)cn2)cc1. The van der Waals surface area contributed by atoms with E-state index in [9.17, 15) is 13.2 Å². The van der Waals surface area contributed by atoms with Crippen LogP contribution in [0, 0.1) is 0 Å². The average molecular weight is 323 g/mol. The van der Waals surface area contributed by atoms with Crippen molar-refractivity contribution in [1.82, 2.24) is 14.3 Å². The van der Waals surface area contributed by atoms with Gasteiger partial charge in [0.1, 0.15) is 5.75 Å². The quantitative estimate of drug-likeness (QED) is 0.834. The zero-order valence-corrected chi connectivity index (χ0v) is 13.1. The number of hydrogen-bond donors (Lipinski definition) is 1. The number of nitrogens with zero attached hydrogens (tertiary/aromatic N) is 2. The summed E-state index contributed by atoms with van der Waals surface area (Å²) in [5.41, 5.74) is 1.12. The number of sulfonamides is 1. The average Bonchev–Trinajstić information content (AvgIpc) is 2.48. The van der Waals surface area contributed by atoms with Crippen LogP contribution in [0.3, 0.4) is 0 Å². The number of ether oxygens (including phenoxy) is 1. The Hall–Kier alpha value is -2.19. The molecule has 0 saturated heterocycles. The van der Waals surface area contributed by atoms with Crippen LogP contribution in [0.15, 0.2) is 41.5 Å². The molecule has 1 N–H and O–H groups in total. The van der Waals surface area contributed by atoms with Crippen molar-refractivity contribution in [2.45, 2.75) is 6.54 Å². The zero-order valence-electron chi connectivity index (χ0n) is 12.3. The van der Waals surface area contributed by atoms with E-state index < -0.39 is 10.0 Å². The second kappa shape index (κ2) is 6.71. The number of hydrogen-bond acceptors (Lipinski definition) is 5. The summed E-state index contributed by atoms with van der Waals surface area (Å²) in [6.45, 7) is 0.365. The van der Waals surface area contributed by atoms with Gasteiger partial charge in [-0.25, -0.2) is 18.1 Å². The highest BCUT2D eigenvalue weighted by Gasteiger charge is 2.05. The van der Waals surface area contributed by atoms with Crippen molar-refractivity contribution in [3.63, 3.8) is 0 Å². The molecule has 0 saturated carbocycles. The van der Waals surface area contributed by atoms with Crippen molar-refractivity contribution in [3.8, 4) is 17.0 Å². The molecular weight excluding hydrogens is 306 g/mol. The van der Waals surface area contributed by atoms with Gasteiger partial charge in [-0.15, -0.1) is 0 Å². The Labute approximate surface area is 128 Å². The Morgan fingerprint density at radius 1 is 1.27 bits per heavy atom. The Bertz CT molecular complexity index is 798. The van der Waals surface area contributed by atoms with E-state index in [4.69, 9.17) is 4.74 Å². The molecule has 2 rings (SSSR count). The monoisotopic (exact) mass is 323 g/mol. The van der Waals surface area contributed by atoms with Crippen molar-refractivity contribution >= 4 is 10.0 Å². The highest BCUT2D eigenvalue weighted by Crippen LogP contribution is 2.18. The van der Waals surface area contributed by atoms with Crippen LogP contribution in [0.5, 0.6) is 5.75 Å². The van der Waals surface area contributed by atoms with Crippen molar-refractivity contribution in [1.29, 1.82) is 0 Å². The summed E-state index contributed by atoms with van der Waals surface area (Å²) in [5, 5.41) is 0. The third-order valence-electron chi connectivity index (χ3n) is 2.98. The van der Waals surface area contributed by atoms with Gasteiger partial charge in [-0.05, 0) is 24.3 Å². The lowest BCUT2D eigenvalue weighted by Gasteiger charge is -2.07. The molecule has 0 aliphatic heterocycles. The molecule has 7 nitrogen and oxygen atoms in total. The summed E-state index contributed by atoms with van der Waals surface area (Å²) in [7, 11) is -1.68. The lowest BCUT2D eigenvalue weighted by molar-refractivity contribution is 0.415. The summed E-state index contributed by atoms with van der Waals surface area (Å²) < 4.78 is 30.7. The Balaban J connectivity index is 2.13. The van der Waals surface area contributed by atoms with Gasteiger partial charge in [0.15, 0.2) is 0 Å². The Morgan fingerprint density at radius 2 is 1.95 bits per heavy atom. The van der Waals surface area contributed by atoms with Crippen molar-refractivity contribution in [2.24, 2.45) is 0 Å². The van der Waals surface area contributed by atoms with Crippen LogP contribution in [0.4, 0.5) is 0 Å². The van der Waals surface area contributed by atoms with E-state index in [1.165, 1.54) is 17.0 Å². The lowest BCUT2D eigenvalue weighted by atomic mass is 10.1. The fraction of sp³-hybridized carbons (Fsp3) is 0.286. The second-order valence-electron chi connectivity index (χ2n) is 4.70. The van der Waals surface area contributed by atoms with Gasteiger partial charge >= 0.3 is 0 Å². The summed E-state index contributed by atoms with van der Waals surface area (Å²) in [5.74, 6) is 0.726. The van der Waals surface area contributed by atoms with Gasteiger partial charge in [-0.1, -0.05) is 0 Å². The smallest absolute Gasteiger partial charge is 0.253 e. The molecule has 0 spiro atoms. The van der Waals surface area contributed by atoms with E-state index in [0.717, 1.165) is 17.6 Å². The summed E-state index contributed by atoms with van der Waals surface area (Å²) in [6, 6.07) is 8.63. The first-order valence-corrected chi connectivity index (χ1v) is 8.44. The molecular formula is C14H17N3O4S. The minimum atomic E-state index is -3.26. The fourth-order valence-electron chi connectivity index (χ4n) is 1.87. The highest BCUT2D eigenvalue weighted by molar-refractivity contribution is 7.88. The van der Waals surface area contributed by atoms with Crippen LogP contribution >= 0.6 is 0 Å². The number of methoxy groups -OCH3 is 1. The molecule has 1 aromatic carbocycles. The van der Waals surface area contributed by atoms with Gasteiger partial charge in [0.05, 0.1) is 25.4 Å². The van der Waals surface area contributed by atoms with E-state index in [0.29, 0.717) is 5.69 Å². The van der Waals surface area contributed by atoms with Crippen molar-refractivity contribution < 1.29 is 13.2 Å². The molecule has 1 aromatic heterocycles. The molecule has 0 radical (unpaired) electrons. The first kappa shape index (κ1) is 16.2. The standard InChI is InChI=1S/C14H17N3O4S/c1-21-12-5-3-11(4-6-12)13-9-14(18)17(10-15-13)8-7-16-22(2,19)20/h3-6,9-10,16H,7-8H2,1-2H3. The normalized spacial score (nSPS) is 11.4. The zero-order chi connectivity index (χ0) is 16.2. The molecule has 118 valence electrons. The molecule has 0 atom stereocenters. The number of benzene rings is 1. The van der Waals surface area contributed by atoms with Crippen LogP contribution < -0.4 is 15.0 Å². The molecule has 22 heavy (non-hydrogen) atoms. The van der Waals surface area contributed by atoms with Gasteiger partial charge < -0.3 is 4.74 Å². The lowest BCUT2D eigenvalue weighted by Crippen LogP contribution is -2.30. The fourth-order valence-corrected chi connectivity index (χ4v) is 2.33. The van der Waals surface area contributed by atoms with Crippen LogP contribution in [-0.2, 0) is 16.6 Å². The number of rotatable bonds is 6. The predicted molar refractivity (Wildman–Crippen MR) is 83.3 cm³/mol. The minimum absolute atomic E-state index is 0.141. The highest BCUT2D eigenvalue weighted by atomic mass is 32.2.